The highest BCUT2D eigenvalue weighted by molar-refractivity contribution is 7.99. The van der Waals surface area contributed by atoms with Crippen LogP contribution in [0.15, 0.2) is 0 Å². The van der Waals surface area contributed by atoms with E-state index in [9.17, 15) is 4.79 Å². The van der Waals surface area contributed by atoms with Crippen LogP contribution < -0.4 is 5.32 Å². The lowest BCUT2D eigenvalue weighted by atomic mass is 9.95. The Morgan fingerprint density at radius 2 is 2.07 bits per heavy atom. The Hall–Kier alpha value is -0.220. The molecule has 1 N–H and O–H groups in total. The quantitative estimate of drug-likeness (QED) is 0.732. The van der Waals surface area contributed by atoms with Gasteiger partial charge in [0.1, 0.15) is 0 Å². The summed E-state index contributed by atoms with van der Waals surface area (Å²) in [4.78, 5) is 10.9. The van der Waals surface area contributed by atoms with Crippen molar-refractivity contribution in [3.8, 4) is 0 Å². The van der Waals surface area contributed by atoms with Crippen molar-refractivity contribution >= 4 is 17.7 Å². The normalized spacial score (nSPS) is 26.3. The van der Waals surface area contributed by atoms with Crippen molar-refractivity contribution in [2.24, 2.45) is 0 Å². The molecule has 1 rings (SSSR count). The zero-order valence-corrected chi connectivity index (χ0v) is 10.4. The summed E-state index contributed by atoms with van der Waals surface area (Å²) >= 11 is 1.98. The van der Waals surface area contributed by atoms with E-state index in [4.69, 9.17) is 0 Å². The van der Waals surface area contributed by atoms with E-state index in [0.29, 0.717) is 12.5 Å². The van der Waals surface area contributed by atoms with Gasteiger partial charge in [0.05, 0.1) is 13.5 Å². The number of carbonyl (C=O) groups excluding carboxylic acids is 1. The molecule has 3 nitrogen and oxygen atoms in total. The molecule has 0 bridgehead atoms. The largest absolute Gasteiger partial charge is 0.469 e. The summed E-state index contributed by atoms with van der Waals surface area (Å²) in [5, 5.41) is 4.27. The number of esters is 1. The molecule has 0 saturated heterocycles. The summed E-state index contributed by atoms with van der Waals surface area (Å²) in [6.07, 6.45) is 7.77. The third kappa shape index (κ3) is 4.89. The molecule has 0 aromatic rings. The Kier molecular flexibility index (Phi) is 6.10. The van der Waals surface area contributed by atoms with Gasteiger partial charge < -0.3 is 10.1 Å². The lowest BCUT2D eigenvalue weighted by molar-refractivity contribution is -0.140. The van der Waals surface area contributed by atoms with Gasteiger partial charge in [0.15, 0.2) is 0 Å². The van der Waals surface area contributed by atoms with Gasteiger partial charge in [0.25, 0.3) is 0 Å². The number of thioether (sulfide) groups is 1. The van der Waals surface area contributed by atoms with Crippen molar-refractivity contribution in [2.45, 2.75) is 43.4 Å². The minimum absolute atomic E-state index is 0.125. The predicted octanol–water partition coefficient (Wildman–Crippen LogP) is 1.81. The fourth-order valence-corrected chi connectivity index (χ4v) is 2.73. The lowest BCUT2D eigenvalue weighted by Gasteiger charge is -2.28. The van der Waals surface area contributed by atoms with E-state index in [1.807, 2.05) is 11.8 Å². The second-order valence-corrected chi connectivity index (χ2v) is 5.13. The fourth-order valence-electron chi connectivity index (χ4n) is 1.98. The first kappa shape index (κ1) is 12.8. The van der Waals surface area contributed by atoms with E-state index in [1.54, 1.807) is 0 Å². The number of rotatable bonds is 5. The Labute approximate surface area is 96.3 Å². The van der Waals surface area contributed by atoms with Crippen LogP contribution in [0.2, 0.25) is 0 Å². The van der Waals surface area contributed by atoms with E-state index in [-0.39, 0.29) is 5.97 Å². The zero-order chi connectivity index (χ0) is 11.1. The van der Waals surface area contributed by atoms with Gasteiger partial charge in [-0.2, -0.15) is 11.8 Å². The van der Waals surface area contributed by atoms with E-state index >= 15 is 0 Å². The number of carbonyl (C=O) groups is 1. The SMILES string of the molecule is COC(=O)CCNC1CCC(SC)CC1. The molecule has 0 radical (unpaired) electrons. The molecule has 1 fully saturated rings. The summed E-state index contributed by atoms with van der Waals surface area (Å²) in [6, 6.07) is 0.609. The van der Waals surface area contributed by atoms with Gasteiger partial charge >= 0.3 is 5.97 Å². The molecule has 0 amide bonds. The second-order valence-electron chi connectivity index (χ2n) is 3.99. The average molecular weight is 231 g/mol. The predicted molar refractivity (Wildman–Crippen MR) is 64.2 cm³/mol. The van der Waals surface area contributed by atoms with E-state index in [1.165, 1.54) is 32.8 Å². The Bertz CT molecular complexity index is 191. The minimum Gasteiger partial charge on any atom is -0.469 e. The first-order valence-electron chi connectivity index (χ1n) is 5.59. The molecule has 0 atom stereocenters. The molecule has 0 unspecified atom stereocenters. The van der Waals surface area contributed by atoms with Gasteiger partial charge in [-0.3, -0.25) is 4.79 Å². The van der Waals surface area contributed by atoms with Crippen LogP contribution in [0, 0.1) is 0 Å². The monoisotopic (exact) mass is 231 g/mol. The first-order valence-corrected chi connectivity index (χ1v) is 6.88. The second kappa shape index (κ2) is 7.12. The number of nitrogens with one attached hydrogen (secondary N) is 1. The maximum Gasteiger partial charge on any atom is 0.306 e. The highest BCUT2D eigenvalue weighted by atomic mass is 32.2. The smallest absolute Gasteiger partial charge is 0.306 e. The van der Waals surface area contributed by atoms with Crippen LogP contribution in [0.3, 0.4) is 0 Å². The summed E-state index contributed by atoms with van der Waals surface area (Å²) < 4.78 is 4.59. The maximum absolute atomic E-state index is 10.9. The van der Waals surface area contributed by atoms with Gasteiger partial charge in [-0.25, -0.2) is 0 Å². The van der Waals surface area contributed by atoms with Crippen LogP contribution in [0.1, 0.15) is 32.1 Å². The highest BCUT2D eigenvalue weighted by Crippen LogP contribution is 2.26. The Morgan fingerprint density at radius 3 is 2.60 bits per heavy atom. The summed E-state index contributed by atoms with van der Waals surface area (Å²) in [7, 11) is 1.44. The van der Waals surface area contributed by atoms with E-state index < -0.39 is 0 Å². The number of hydrogen-bond donors (Lipinski definition) is 1. The minimum atomic E-state index is -0.125. The van der Waals surface area contributed by atoms with Crippen LogP contribution >= 0.6 is 11.8 Å². The van der Waals surface area contributed by atoms with Crippen molar-refractivity contribution < 1.29 is 9.53 Å². The molecular weight excluding hydrogens is 210 g/mol. The van der Waals surface area contributed by atoms with Crippen molar-refractivity contribution in [1.29, 1.82) is 0 Å². The molecule has 4 heteroatoms. The summed E-state index contributed by atoms with van der Waals surface area (Å²) in [5.74, 6) is -0.125. The number of hydrogen-bond acceptors (Lipinski definition) is 4. The molecule has 88 valence electrons. The van der Waals surface area contributed by atoms with Crippen molar-refractivity contribution in [3.63, 3.8) is 0 Å². The third-order valence-electron chi connectivity index (χ3n) is 3.00. The van der Waals surface area contributed by atoms with Gasteiger partial charge in [0.2, 0.25) is 0 Å². The molecule has 0 spiro atoms. The molecule has 1 aliphatic rings. The molecule has 0 aliphatic heterocycles. The van der Waals surface area contributed by atoms with Gasteiger partial charge in [-0.15, -0.1) is 0 Å². The molecule has 1 saturated carbocycles. The molecule has 0 heterocycles. The Balaban J connectivity index is 2.06. The molecule has 0 aromatic heterocycles. The third-order valence-corrected chi connectivity index (χ3v) is 4.14. The Morgan fingerprint density at radius 1 is 1.40 bits per heavy atom. The van der Waals surface area contributed by atoms with Crippen LogP contribution in [0.4, 0.5) is 0 Å². The average Bonchev–Trinajstić information content (AvgIpc) is 2.29. The standard InChI is InChI=1S/C11H21NO2S/c1-14-11(13)7-8-12-9-3-5-10(15-2)6-4-9/h9-10,12H,3-8H2,1-2H3. The number of methoxy groups -OCH3 is 1. The molecular formula is C11H21NO2S. The van der Waals surface area contributed by atoms with Gasteiger partial charge in [-0.1, -0.05) is 0 Å². The lowest BCUT2D eigenvalue weighted by Crippen LogP contribution is -2.35. The van der Waals surface area contributed by atoms with Gasteiger partial charge in [0, 0.05) is 17.8 Å². The highest BCUT2D eigenvalue weighted by Gasteiger charge is 2.19. The van der Waals surface area contributed by atoms with Crippen LogP contribution in [-0.2, 0) is 9.53 Å². The fraction of sp³-hybridized carbons (Fsp3) is 0.909. The van der Waals surface area contributed by atoms with Crippen LogP contribution in [0.25, 0.3) is 0 Å². The van der Waals surface area contributed by atoms with Crippen molar-refractivity contribution in [2.75, 3.05) is 19.9 Å². The van der Waals surface area contributed by atoms with Crippen LogP contribution in [-0.4, -0.2) is 37.2 Å². The van der Waals surface area contributed by atoms with E-state index in [0.717, 1.165) is 11.8 Å². The summed E-state index contributed by atoms with van der Waals surface area (Å²) in [5.41, 5.74) is 0. The topological polar surface area (TPSA) is 38.3 Å². The van der Waals surface area contributed by atoms with Gasteiger partial charge in [-0.05, 0) is 31.9 Å². The van der Waals surface area contributed by atoms with E-state index in [2.05, 4.69) is 16.3 Å². The van der Waals surface area contributed by atoms with Crippen LogP contribution in [0.5, 0.6) is 0 Å². The van der Waals surface area contributed by atoms with Crippen molar-refractivity contribution in [3.05, 3.63) is 0 Å². The molecule has 15 heavy (non-hydrogen) atoms. The zero-order valence-electron chi connectivity index (χ0n) is 9.62. The first-order chi connectivity index (χ1) is 7.26. The maximum atomic E-state index is 10.9. The summed E-state index contributed by atoms with van der Waals surface area (Å²) in [6.45, 7) is 0.751. The molecule has 0 aromatic carbocycles. The molecule has 1 aliphatic carbocycles. The number of ether oxygens (including phenoxy) is 1. The van der Waals surface area contributed by atoms with Crippen molar-refractivity contribution in [1.82, 2.24) is 5.32 Å².